The van der Waals surface area contributed by atoms with Crippen LogP contribution in [-0.4, -0.2) is 60.1 Å². The van der Waals surface area contributed by atoms with Gasteiger partial charge in [-0.1, -0.05) is 12.5 Å². The van der Waals surface area contributed by atoms with E-state index in [2.05, 4.69) is 26.2 Å². The minimum atomic E-state index is 0.829. The van der Waals surface area contributed by atoms with Crippen molar-refractivity contribution in [2.75, 3.05) is 39.3 Å². The number of piperazine rings is 1. The maximum Gasteiger partial charge on any atom is 0.0312 e. The molecule has 3 heterocycles. The Labute approximate surface area is 122 Å². The lowest BCUT2D eigenvalue weighted by Crippen LogP contribution is -2.55. The van der Waals surface area contributed by atoms with Gasteiger partial charge >= 0.3 is 0 Å². The summed E-state index contributed by atoms with van der Waals surface area (Å²) in [7, 11) is 0. The lowest BCUT2D eigenvalue weighted by Gasteiger charge is -2.44. The molecule has 1 aromatic heterocycles. The van der Waals surface area contributed by atoms with Gasteiger partial charge in [-0.2, -0.15) is 0 Å². The Morgan fingerprint density at radius 2 is 2.25 bits per heavy atom. The molecule has 0 amide bonds. The molecule has 0 aliphatic carbocycles. The van der Waals surface area contributed by atoms with E-state index in [-0.39, 0.29) is 0 Å². The van der Waals surface area contributed by atoms with E-state index in [0.29, 0.717) is 0 Å². The number of hydrogen-bond donors (Lipinski definition) is 1. The number of piperidine rings is 1. The monoisotopic (exact) mass is 274 g/mol. The number of pyridine rings is 1. The Bertz CT molecular complexity index is 395. The largest absolute Gasteiger partial charge is 0.311 e. The Morgan fingerprint density at radius 1 is 1.25 bits per heavy atom. The molecular weight excluding hydrogens is 248 g/mol. The molecule has 4 nitrogen and oxygen atoms in total. The number of nitrogens with one attached hydrogen (secondary N) is 1. The highest BCUT2D eigenvalue weighted by molar-refractivity contribution is 5.07. The standard InChI is InChI=1S/C16H26N4/c1-2-8-20-11-10-19(14-16(20)5-1)9-7-18-13-15-4-3-6-17-12-15/h3-4,6,12,16,18H,1-2,5,7-11,13-14H2. The van der Waals surface area contributed by atoms with Crippen molar-refractivity contribution in [1.29, 1.82) is 0 Å². The summed E-state index contributed by atoms with van der Waals surface area (Å²) in [5.74, 6) is 0. The van der Waals surface area contributed by atoms with Crippen LogP contribution in [0.1, 0.15) is 24.8 Å². The van der Waals surface area contributed by atoms with Crippen molar-refractivity contribution in [3.63, 3.8) is 0 Å². The maximum atomic E-state index is 4.14. The van der Waals surface area contributed by atoms with Crippen molar-refractivity contribution >= 4 is 0 Å². The molecule has 1 unspecified atom stereocenters. The first kappa shape index (κ1) is 14.0. The molecule has 0 saturated carbocycles. The van der Waals surface area contributed by atoms with Crippen LogP contribution in [0.15, 0.2) is 24.5 Å². The second-order valence-electron chi connectivity index (χ2n) is 6.02. The van der Waals surface area contributed by atoms with Crippen LogP contribution in [0, 0.1) is 0 Å². The van der Waals surface area contributed by atoms with E-state index < -0.39 is 0 Å². The first-order chi connectivity index (χ1) is 9.92. The fourth-order valence-electron chi connectivity index (χ4n) is 3.40. The third-order valence-electron chi connectivity index (χ3n) is 4.58. The predicted octanol–water partition coefficient (Wildman–Crippen LogP) is 1.34. The topological polar surface area (TPSA) is 31.4 Å². The van der Waals surface area contributed by atoms with Crippen molar-refractivity contribution in [1.82, 2.24) is 20.1 Å². The van der Waals surface area contributed by atoms with Gasteiger partial charge in [-0.05, 0) is 31.0 Å². The molecule has 1 atom stereocenters. The quantitative estimate of drug-likeness (QED) is 0.821. The van der Waals surface area contributed by atoms with Crippen molar-refractivity contribution < 1.29 is 0 Å². The van der Waals surface area contributed by atoms with E-state index in [0.717, 1.165) is 19.1 Å². The normalized spacial score (nSPS) is 24.5. The predicted molar refractivity (Wildman–Crippen MR) is 81.6 cm³/mol. The Hall–Kier alpha value is -0.970. The second-order valence-corrected chi connectivity index (χ2v) is 6.02. The second kappa shape index (κ2) is 7.16. The third-order valence-corrected chi connectivity index (χ3v) is 4.58. The third kappa shape index (κ3) is 3.78. The summed E-state index contributed by atoms with van der Waals surface area (Å²) in [5.41, 5.74) is 1.27. The first-order valence-corrected chi connectivity index (χ1v) is 7.98. The van der Waals surface area contributed by atoms with Crippen LogP contribution in [0.4, 0.5) is 0 Å². The van der Waals surface area contributed by atoms with Gasteiger partial charge in [0.05, 0.1) is 0 Å². The maximum absolute atomic E-state index is 4.14. The fourth-order valence-corrected chi connectivity index (χ4v) is 3.40. The Balaban J connectivity index is 1.35. The summed E-state index contributed by atoms with van der Waals surface area (Å²) in [6.45, 7) is 8.29. The zero-order valence-electron chi connectivity index (χ0n) is 12.3. The highest BCUT2D eigenvalue weighted by Crippen LogP contribution is 2.20. The molecule has 20 heavy (non-hydrogen) atoms. The van der Waals surface area contributed by atoms with Crippen LogP contribution in [0.2, 0.25) is 0 Å². The molecule has 2 aliphatic heterocycles. The van der Waals surface area contributed by atoms with Crippen LogP contribution >= 0.6 is 0 Å². The van der Waals surface area contributed by atoms with Gasteiger partial charge in [0.2, 0.25) is 0 Å². The van der Waals surface area contributed by atoms with Gasteiger partial charge in [0, 0.05) is 57.7 Å². The first-order valence-electron chi connectivity index (χ1n) is 7.98. The van der Waals surface area contributed by atoms with E-state index in [1.54, 1.807) is 0 Å². The van der Waals surface area contributed by atoms with Gasteiger partial charge in [-0.3, -0.25) is 14.8 Å². The number of nitrogens with zero attached hydrogens (tertiary/aromatic N) is 3. The zero-order chi connectivity index (χ0) is 13.6. The summed E-state index contributed by atoms with van der Waals surface area (Å²) in [6.07, 6.45) is 8.00. The summed E-state index contributed by atoms with van der Waals surface area (Å²) in [6, 6.07) is 4.95. The lowest BCUT2D eigenvalue weighted by molar-refractivity contribution is 0.0499. The Kier molecular flexibility index (Phi) is 5.01. The minimum absolute atomic E-state index is 0.829. The average Bonchev–Trinajstić information content (AvgIpc) is 2.52. The van der Waals surface area contributed by atoms with E-state index in [1.165, 1.54) is 57.5 Å². The molecule has 1 N–H and O–H groups in total. The fraction of sp³-hybridized carbons (Fsp3) is 0.688. The summed E-state index contributed by atoms with van der Waals surface area (Å²) < 4.78 is 0. The zero-order valence-corrected chi connectivity index (χ0v) is 12.3. The van der Waals surface area contributed by atoms with Crippen molar-refractivity contribution in [3.8, 4) is 0 Å². The molecule has 2 fully saturated rings. The Morgan fingerprint density at radius 3 is 3.15 bits per heavy atom. The van der Waals surface area contributed by atoms with Crippen LogP contribution in [0.5, 0.6) is 0 Å². The van der Waals surface area contributed by atoms with Gasteiger partial charge in [-0.25, -0.2) is 0 Å². The van der Waals surface area contributed by atoms with Crippen molar-refractivity contribution in [2.24, 2.45) is 0 Å². The number of rotatable bonds is 5. The van der Waals surface area contributed by atoms with Crippen LogP contribution in [-0.2, 0) is 6.54 Å². The molecule has 0 bridgehead atoms. The van der Waals surface area contributed by atoms with Crippen molar-refractivity contribution in [3.05, 3.63) is 30.1 Å². The molecule has 110 valence electrons. The van der Waals surface area contributed by atoms with E-state index in [9.17, 15) is 0 Å². The van der Waals surface area contributed by atoms with E-state index in [1.807, 2.05) is 18.5 Å². The van der Waals surface area contributed by atoms with E-state index in [4.69, 9.17) is 0 Å². The van der Waals surface area contributed by atoms with E-state index >= 15 is 0 Å². The van der Waals surface area contributed by atoms with Crippen LogP contribution in [0.25, 0.3) is 0 Å². The molecule has 0 aromatic carbocycles. The van der Waals surface area contributed by atoms with Crippen LogP contribution in [0.3, 0.4) is 0 Å². The summed E-state index contributed by atoms with van der Waals surface area (Å²) in [4.78, 5) is 9.47. The van der Waals surface area contributed by atoms with Gasteiger partial charge in [-0.15, -0.1) is 0 Å². The summed E-state index contributed by atoms with van der Waals surface area (Å²) in [5, 5.41) is 3.53. The number of fused-ring (bicyclic) bond motifs is 1. The van der Waals surface area contributed by atoms with Gasteiger partial charge in [0.15, 0.2) is 0 Å². The minimum Gasteiger partial charge on any atom is -0.311 e. The molecule has 4 heteroatoms. The molecule has 3 rings (SSSR count). The van der Waals surface area contributed by atoms with Crippen LogP contribution < -0.4 is 5.32 Å². The molecule has 2 saturated heterocycles. The lowest BCUT2D eigenvalue weighted by atomic mass is 9.99. The molecule has 1 aromatic rings. The highest BCUT2D eigenvalue weighted by Gasteiger charge is 2.28. The highest BCUT2D eigenvalue weighted by atomic mass is 15.3. The average molecular weight is 274 g/mol. The number of aromatic nitrogens is 1. The molecule has 2 aliphatic rings. The smallest absolute Gasteiger partial charge is 0.0312 e. The summed E-state index contributed by atoms with van der Waals surface area (Å²) >= 11 is 0. The SMILES string of the molecule is c1cncc(CNCCN2CCN3CCCCC3C2)c1. The van der Waals surface area contributed by atoms with Gasteiger partial charge < -0.3 is 5.32 Å². The van der Waals surface area contributed by atoms with Crippen molar-refractivity contribution in [2.45, 2.75) is 31.8 Å². The van der Waals surface area contributed by atoms with Gasteiger partial charge in [0.25, 0.3) is 0 Å². The number of hydrogen-bond acceptors (Lipinski definition) is 4. The molecule has 0 radical (unpaired) electrons. The van der Waals surface area contributed by atoms with Gasteiger partial charge in [0.1, 0.15) is 0 Å². The molecular formula is C16H26N4. The molecule has 0 spiro atoms.